The van der Waals surface area contributed by atoms with Gasteiger partial charge in [0.25, 0.3) is 0 Å². The van der Waals surface area contributed by atoms with Gasteiger partial charge >= 0.3 is 6.18 Å². The van der Waals surface area contributed by atoms with Crippen LogP contribution in [0.2, 0.25) is 0 Å². The summed E-state index contributed by atoms with van der Waals surface area (Å²) in [6.45, 7) is 2.57. The SMILES string of the molecule is CCNC(CCC(F)(F)F)c1cccc2ccsc12. The maximum atomic E-state index is 12.4. The lowest BCUT2D eigenvalue weighted by molar-refractivity contribution is -0.136. The Morgan fingerprint density at radius 3 is 2.74 bits per heavy atom. The van der Waals surface area contributed by atoms with Crippen LogP contribution in [0.4, 0.5) is 13.2 Å². The van der Waals surface area contributed by atoms with Crippen LogP contribution in [-0.2, 0) is 0 Å². The molecule has 1 nitrogen and oxygen atoms in total. The van der Waals surface area contributed by atoms with Crippen molar-refractivity contribution in [2.75, 3.05) is 6.54 Å². The maximum Gasteiger partial charge on any atom is 0.389 e. The van der Waals surface area contributed by atoms with Gasteiger partial charge in [-0.05, 0) is 35.4 Å². The molecule has 1 heterocycles. The second-order valence-corrected chi connectivity index (χ2v) is 5.37. The Hall–Kier alpha value is -1.07. The Balaban J connectivity index is 2.25. The first kappa shape index (κ1) is 14.3. The highest BCUT2D eigenvalue weighted by atomic mass is 32.1. The van der Waals surface area contributed by atoms with Gasteiger partial charge in [-0.25, -0.2) is 0 Å². The van der Waals surface area contributed by atoms with E-state index in [4.69, 9.17) is 0 Å². The fraction of sp³-hybridized carbons (Fsp3) is 0.429. The molecule has 1 atom stereocenters. The van der Waals surface area contributed by atoms with Crippen LogP contribution >= 0.6 is 11.3 Å². The molecule has 1 N–H and O–H groups in total. The molecule has 0 radical (unpaired) electrons. The molecule has 0 fully saturated rings. The van der Waals surface area contributed by atoms with Gasteiger partial charge in [0.05, 0.1) is 0 Å². The van der Waals surface area contributed by atoms with Gasteiger partial charge in [0.15, 0.2) is 0 Å². The molecular formula is C14H16F3NS. The van der Waals surface area contributed by atoms with Crippen molar-refractivity contribution >= 4 is 21.4 Å². The van der Waals surface area contributed by atoms with E-state index in [0.29, 0.717) is 6.54 Å². The molecule has 2 rings (SSSR count). The van der Waals surface area contributed by atoms with Crippen LogP contribution in [0.1, 0.15) is 31.4 Å². The minimum Gasteiger partial charge on any atom is -0.310 e. The second kappa shape index (κ2) is 5.92. The van der Waals surface area contributed by atoms with Crippen LogP contribution < -0.4 is 5.32 Å². The second-order valence-electron chi connectivity index (χ2n) is 4.45. The van der Waals surface area contributed by atoms with Crippen molar-refractivity contribution in [3.05, 3.63) is 35.2 Å². The average molecular weight is 287 g/mol. The number of benzene rings is 1. The van der Waals surface area contributed by atoms with E-state index < -0.39 is 12.6 Å². The van der Waals surface area contributed by atoms with Gasteiger partial charge in [0.2, 0.25) is 0 Å². The molecule has 0 aliphatic rings. The maximum absolute atomic E-state index is 12.4. The number of halogens is 3. The third-order valence-electron chi connectivity index (χ3n) is 3.05. The summed E-state index contributed by atoms with van der Waals surface area (Å²) in [6.07, 6.45) is -4.78. The molecule has 1 aromatic carbocycles. The third kappa shape index (κ3) is 3.70. The topological polar surface area (TPSA) is 12.0 Å². The molecule has 104 valence electrons. The van der Waals surface area contributed by atoms with Gasteiger partial charge in [-0.3, -0.25) is 0 Å². The standard InChI is InChI=1S/C14H16F3NS/c1-2-18-12(6-8-14(15,16)17)11-5-3-4-10-7-9-19-13(10)11/h3-5,7,9,12,18H,2,6,8H2,1H3. The number of hydrogen-bond acceptors (Lipinski definition) is 2. The van der Waals surface area contributed by atoms with E-state index >= 15 is 0 Å². The zero-order valence-electron chi connectivity index (χ0n) is 10.6. The number of rotatable bonds is 5. The minimum absolute atomic E-state index is 0.0777. The molecule has 0 bridgehead atoms. The molecule has 0 saturated carbocycles. The quantitative estimate of drug-likeness (QED) is 0.825. The van der Waals surface area contributed by atoms with Gasteiger partial charge in [0, 0.05) is 17.2 Å². The van der Waals surface area contributed by atoms with Gasteiger partial charge in [-0.1, -0.05) is 25.1 Å². The molecular weight excluding hydrogens is 271 g/mol. The zero-order valence-corrected chi connectivity index (χ0v) is 11.4. The number of hydrogen-bond donors (Lipinski definition) is 1. The van der Waals surface area contributed by atoms with Crippen molar-refractivity contribution in [2.24, 2.45) is 0 Å². The predicted molar refractivity (Wildman–Crippen MR) is 73.5 cm³/mol. The first-order valence-corrected chi connectivity index (χ1v) is 7.15. The Labute approximate surface area is 114 Å². The summed E-state index contributed by atoms with van der Waals surface area (Å²) < 4.78 is 38.3. The normalized spacial score (nSPS) is 13.9. The first-order chi connectivity index (χ1) is 9.01. The van der Waals surface area contributed by atoms with E-state index in [0.717, 1.165) is 15.6 Å². The summed E-state index contributed by atoms with van der Waals surface area (Å²) in [5, 5.41) is 6.23. The molecule has 0 amide bonds. The smallest absolute Gasteiger partial charge is 0.310 e. The van der Waals surface area contributed by atoms with Crippen molar-refractivity contribution < 1.29 is 13.2 Å². The van der Waals surface area contributed by atoms with Crippen LogP contribution in [-0.4, -0.2) is 12.7 Å². The number of alkyl halides is 3. The van der Waals surface area contributed by atoms with Gasteiger partial charge in [-0.15, -0.1) is 11.3 Å². The number of nitrogens with one attached hydrogen (secondary N) is 1. The fourth-order valence-electron chi connectivity index (χ4n) is 2.21. The average Bonchev–Trinajstić information content (AvgIpc) is 2.81. The molecule has 5 heteroatoms. The largest absolute Gasteiger partial charge is 0.389 e. The molecule has 1 unspecified atom stereocenters. The molecule has 2 aromatic rings. The summed E-state index contributed by atoms with van der Waals surface area (Å²) in [5.74, 6) is 0. The minimum atomic E-state index is -4.10. The van der Waals surface area contributed by atoms with E-state index in [1.807, 2.05) is 36.6 Å². The molecule has 0 spiro atoms. The fourth-order valence-corrected chi connectivity index (χ4v) is 3.18. The Kier molecular flexibility index (Phi) is 4.47. The van der Waals surface area contributed by atoms with Gasteiger partial charge in [-0.2, -0.15) is 13.2 Å². The van der Waals surface area contributed by atoms with E-state index in [9.17, 15) is 13.2 Å². The van der Waals surface area contributed by atoms with E-state index in [1.54, 1.807) is 11.3 Å². The Morgan fingerprint density at radius 2 is 2.05 bits per heavy atom. The van der Waals surface area contributed by atoms with Crippen LogP contribution in [0, 0.1) is 0 Å². The lowest BCUT2D eigenvalue weighted by Crippen LogP contribution is -2.23. The first-order valence-electron chi connectivity index (χ1n) is 6.27. The summed E-state index contributed by atoms with van der Waals surface area (Å²) in [7, 11) is 0. The van der Waals surface area contributed by atoms with Crippen LogP contribution in [0.3, 0.4) is 0 Å². The lowest BCUT2D eigenvalue weighted by atomic mass is 10.0. The lowest BCUT2D eigenvalue weighted by Gasteiger charge is -2.20. The van der Waals surface area contributed by atoms with Gasteiger partial charge in [0.1, 0.15) is 0 Å². The van der Waals surface area contributed by atoms with E-state index in [1.165, 1.54) is 0 Å². The summed E-state index contributed by atoms with van der Waals surface area (Å²) in [6, 6.07) is 7.57. The number of fused-ring (bicyclic) bond motifs is 1. The predicted octanol–water partition coefficient (Wildman–Crippen LogP) is 4.89. The van der Waals surface area contributed by atoms with Crippen molar-refractivity contribution in [3.8, 4) is 0 Å². The van der Waals surface area contributed by atoms with Gasteiger partial charge < -0.3 is 5.32 Å². The summed E-state index contributed by atoms with van der Waals surface area (Å²) in [5.41, 5.74) is 0.971. The third-order valence-corrected chi connectivity index (χ3v) is 4.03. The molecule has 19 heavy (non-hydrogen) atoms. The van der Waals surface area contributed by atoms with Crippen molar-refractivity contribution in [1.29, 1.82) is 0 Å². The van der Waals surface area contributed by atoms with Crippen LogP contribution in [0.25, 0.3) is 10.1 Å². The summed E-state index contributed by atoms with van der Waals surface area (Å²) >= 11 is 1.58. The molecule has 0 saturated heterocycles. The molecule has 0 aliphatic heterocycles. The monoisotopic (exact) mass is 287 g/mol. The van der Waals surface area contributed by atoms with Crippen LogP contribution in [0.5, 0.6) is 0 Å². The molecule has 0 aliphatic carbocycles. The highest BCUT2D eigenvalue weighted by Gasteiger charge is 2.29. The highest BCUT2D eigenvalue weighted by Crippen LogP contribution is 2.33. The van der Waals surface area contributed by atoms with Crippen LogP contribution in [0.15, 0.2) is 29.6 Å². The Bertz CT molecular complexity index is 533. The Morgan fingerprint density at radius 1 is 1.26 bits per heavy atom. The van der Waals surface area contributed by atoms with Crippen molar-refractivity contribution in [1.82, 2.24) is 5.32 Å². The van der Waals surface area contributed by atoms with E-state index in [2.05, 4.69) is 5.32 Å². The van der Waals surface area contributed by atoms with E-state index in [-0.39, 0.29) is 12.5 Å². The highest BCUT2D eigenvalue weighted by molar-refractivity contribution is 7.17. The zero-order chi connectivity index (χ0) is 13.9. The van der Waals surface area contributed by atoms with Crippen molar-refractivity contribution in [2.45, 2.75) is 32.0 Å². The number of thiophene rings is 1. The van der Waals surface area contributed by atoms with Crippen molar-refractivity contribution in [3.63, 3.8) is 0 Å². The molecule has 1 aromatic heterocycles. The summed E-state index contributed by atoms with van der Waals surface area (Å²) in [4.78, 5) is 0.